The molecule has 0 amide bonds. The number of rotatable bonds is 2. The molecule has 1 aromatic carbocycles. The molecule has 0 spiro atoms. The highest BCUT2D eigenvalue weighted by atomic mass is 15.0. The standard InChI is InChI=1S/C14H15N3/c1-10-12(11-7-5-4-6-8-11)17-13(16-10)14(2,3)9-15/h4-8H,1-3H3,(H,16,17). The lowest BCUT2D eigenvalue weighted by atomic mass is 9.95. The van der Waals surface area contributed by atoms with Crippen LogP contribution < -0.4 is 0 Å². The van der Waals surface area contributed by atoms with Gasteiger partial charge in [0, 0.05) is 11.3 Å². The van der Waals surface area contributed by atoms with Crippen molar-refractivity contribution in [3.8, 4) is 17.3 Å². The van der Waals surface area contributed by atoms with Crippen molar-refractivity contribution in [2.45, 2.75) is 26.2 Å². The first-order chi connectivity index (χ1) is 8.04. The molecule has 0 radical (unpaired) electrons. The van der Waals surface area contributed by atoms with Crippen LogP contribution >= 0.6 is 0 Å². The van der Waals surface area contributed by atoms with Crippen molar-refractivity contribution in [3.63, 3.8) is 0 Å². The Morgan fingerprint density at radius 3 is 2.47 bits per heavy atom. The van der Waals surface area contributed by atoms with Gasteiger partial charge in [0.2, 0.25) is 0 Å². The molecule has 86 valence electrons. The molecule has 3 nitrogen and oxygen atoms in total. The fourth-order valence-corrected chi connectivity index (χ4v) is 1.69. The zero-order chi connectivity index (χ0) is 12.5. The Balaban J connectivity index is 2.50. The molecule has 0 fully saturated rings. The Kier molecular flexibility index (Phi) is 2.72. The summed E-state index contributed by atoms with van der Waals surface area (Å²) in [6.07, 6.45) is 0. The quantitative estimate of drug-likeness (QED) is 0.853. The van der Waals surface area contributed by atoms with E-state index in [9.17, 15) is 0 Å². The van der Waals surface area contributed by atoms with E-state index < -0.39 is 5.41 Å². The average molecular weight is 225 g/mol. The largest absolute Gasteiger partial charge is 0.344 e. The molecule has 0 aliphatic carbocycles. The van der Waals surface area contributed by atoms with Crippen molar-refractivity contribution >= 4 is 0 Å². The number of aryl methyl sites for hydroxylation is 1. The average Bonchev–Trinajstić information content (AvgIpc) is 2.73. The minimum Gasteiger partial charge on any atom is -0.344 e. The number of aromatic amines is 1. The van der Waals surface area contributed by atoms with Gasteiger partial charge in [-0.2, -0.15) is 5.26 Å². The Morgan fingerprint density at radius 2 is 1.88 bits per heavy atom. The van der Waals surface area contributed by atoms with E-state index in [-0.39, 0.29) is 0 Å². The third-order valence-electron chi connectivity index (χ3n) is 2.80. The van der Waals surface area contributed by atoms with Crippen molar-refractivity contribution in [2.24, 2.45) is 0 Å². The third-order valence-corrected chi connectivity index (χ3v) is 2.80. The summed E-state index contributed by atoms with van der Waals surface area (Å²) in [6, 6.07) is 12.2. The van der Waals surface area contributed by atoms with E-state index in [1.54, 1.807) is 0 Å². The van der Waals surface area contributed by atoms with Gasteiger partial charge in [-0.15, -0.1) is 0 Å². The van der Waals surface area contributed by atoms with Gasteiger partial charge in [0.05, 0.1) is 11.8 Å². The van der Waals surface area contributed by atoms with E-state index in [4.69, 9.17) is 5.26 Å². The topological polar surface area (TPSA) is 52.5 Å². The molecule has 1 heterocycles. The predicted octanol–water partition coefficient (Wildman–Crippen LogP) is 3.19. The molecule has 2 rings (SSSR count). The lowest BCUT2D eigenvalue weighted by molar-refractivity contribution is 0.638. The van der Waals surface area contributed by atoms with Crippen LogP contribution in [-0.2, 0) is 5.41 Å². The molecule has 3 heteroatoms. The van der Waals surface area contributed by atoms with Crippen LogP contribution in [-0.4, -0.2) is 9.97 Å². The van der Waals surface area contributed by atoms with Crippen LogP contribution in [0.2, 0.25) is 0 Å². The van der Waals surface area contributed by atoms with Gasteiger partial charge in [-0.1, -0.05) is 30.3 Å². The molecule has 0 saturated heterocycles. The zero-order valence-corrected chi connectivity index (χ0v) is 10.3. The molecule has 0 unspecified atom stereocenters. The van der Waals surface area contributed by atoms with Gasteiger partial charge in [-0.05, 0) is 20.8 Å². The minimum absolute atomic E-state index is 0.586. The summed E-state index contributed by atoms with van der Waals surface area (Å²) in [7, 11) is 0. The van der Waals surface area contributed by atoms with Gasteiger partial charge >= 0.3 is 0 Å². The number of benzene rings is 1. The lowest BCUT2D eigenvalue weighted by Crippen LogP contribution is -2.15. The smallest absolute Gasteiger partial charge is 0.126 e. The second kappa shape index (κ2) is 4.06. The maximum absolute atomic E-state index is 9.11. The predicted molar refractivity (Wildman–Crippen MR) is 67.4 cm³/mol. The molecule has 0 atom stereocenters. The van der Waals surface area contributed by atoms with Crippen molar-refractivity contribution < 1.29 is 0 Å². The third kappa shape index (κ3) is 2.07. The summed E-state index contributed by atoms with van der Waals surface area (Å²) in [5.41, 5.74) is 2.40. The van der Waals surface area contributed by atoms with Crippen LogP contribution in [0.3, 0.4) is 0 Å². The van der Waals surface area contributed by atoms with E-state index in [0.29, 0.717) is 0 Å². The molecule has 0 bridgehead atoms. The molecule has 1 N–H and O–H groups in total. The highest BCUT2D eigenvalue weighted by molar-refractivity contribution is 5.62. The SMILES string of the molecule is Cc1[nH]c(C(C)(C)C#N)nc1-c1ccccc1. The summed E-state index contributed by atoms with van der Waals surface area (Å²) in [6.45, 7) is 5.70. The van der Waals surface area contributed by atoms with Gasteiger partial charge in [0.25, 0.3) is 0 Å². The number of aromatic nitrogens is 2. The Labute approximate surface area is 101 Å². The highest BCUT2D eigenvalue weighted by Gasteiger charge is 2.25. The van der Waals surface area contributed by atoms with Gasteiger partial charge in [-0.3, -0.25) is 0 Å². The summed E-state index contributed by atoms with van der Waals surface area (Å²) >= 11 is 0. The van der Waals surface area contributed by atoms with E-state index in [1.165, 1.54) is 0 Å². The first-order valence-corrected chi connectivity index (χ1v) is 5.58. The molecular weight excluding hydrogens is 210 g/mol. The van der Waals surface area contributed by atoms with Crippen LogP contribution in [0.4, 0.5) is 0 Å². The molecule has 0 saturated carbocycles. The van der Waals surface area contributed by atoms with Crippen molar-refractivity contribution in [3.05, 3.63) is 41.9 Å². The van der Waals surface area contributed by atoms with Crippen LogP contribution in [0, 0.1) is 18.3 Å². The molecule has 0 aliphatic heterocycles. The van der Waals surface area contributed by atoms with E-state index >= 15 is 0 Å². The molecular formula is C14H15N3. The number of nitriles is 1. The summed E-state index contributed by atoms with van der Waals surface area (Å²) in [5.74, 6) is 0.719. The van der Waals surface area contributed by atoms with Gasteiger partial charge in [0.15, 0.2) is 0 Å². The number of nitrogens with one attached hydrogen (secondary N) is 1. The molecule has 1 aromatic heterocycles. The highest BCUT2D eigenvalue weighted by Crippen LogP contribution is 2.26. The number of H-pyrrole nitrogens is 1. The van der Waals surface area contributed by atoms with Crippen LogP contribution in [0.5, 0.6) is 0 Å². The lowest BCUT2D eigenvalue weighted by Gasteiger charge is -2.10. The monoisotopic (exact) mass is 225 g/mol. The number of hydrogen-bond acceptors (Lipinski definition) is 2. The second-order valence-corrected chi connectivity index (χ2v) is 4.66. The fraction of sp³-hybridized carbons (Fsp3) is 0.286. The number of imidazole rings is 1. The Bertz CT molecular complexity index is 559. The van der Waals surface area contributed by atoms with Crippen molar-refractivity contribution in [1.29, 1.82) is 5.26 Å². The normalized spacial score (nSPS) is 11.2. The summed E-state index contributed by atoms with van der Waals surface area (Å²) in [5, 5.41) is 9.11. The van der Waals surface area contributed by atoms with Gasteiger partial charge < -0.3 is 4.98 Å². The zero-order valence-electron chi connectivity index (χ0n) is 10.3. The minimum atomic E-state index is -0.586. The number of nitrogens with zero attached hydrogens (tertiary/aromatic N) is 2. The first kappa shape index (κ1) is 11.4. The fourth-order valence-electron chi connectivity index (χ4n) is 1.69. The summed E-state index contributed by atoms with van der Waals surface area (Å²) in [4.78, 5) is 7.75. The Morgan fingerprint density at radius 1 is 1.24 bits per heavy atom. The van der Waals surface area contributed by atoms with E-state index in [0.717, 1.165) is 22.8 Å². The first-order valence-electron chi connectivity index (χ1n) is 5.58. The van der Waals surface area contributed by atoms with Crippen LogP contribution in [0.25, 0.3) is 11.3 Å². The maximum atomic E-state index is 9.11. The van der Waals surface area contributed by atoms with Gasteiger partial charge in [0.1, 0.15) is 11.2 Å². The van der Waals surface area contributed by atoms with Crippen molar-refractivity contribution in [1.82, 2.24) is 9.97 Å². The van der Waals surface area contributed by atoms with E-state index in [2.05, 4.69) is 16.0 Å². The van der Waals surface area contributed by atoms with Crippen LogP contribution in [0.1, 0.15) is 25.4 Å². The molecule has 2 aromatic rings. The molecule has 17 heavy (non-hydrogen) atoms. The Hall–Kier alpha value is -2.08. The van der Waals surface area contributed by atoms with Crippen LogP contribution in [0.15, 0.2) is 30.3 Å². The van der Waals surface area contributed by atoms with Gasteiger partial charge in [-0.25, -0.2) is 4.98 Å². The maximum Gasteiger partial charge on any atom is 0.126 e. The van der Waals surface area contributed by atoms with Crippen molar-refractivity contribution in [2.75, 3.05) is 0 Å². The molecule has 0 aliphatic rings. The second-order valence-electron chi connectivity index (χ2n) is 4.66. The summed E-state index contributed by atoms with van der Waals surface area (Å²) < 4.78 is 0. The number of hydrogen-bond donors (Lipinski definition) is 1. The van der Waals surface area contributed by atoms with E-state index in [1.807, 2.05) is 51.1 Å².